The van der Waals surface area contributed by atoms with Crippen molar-refractivity contribution in [1.82, 2.24) is 10.3 Å². The second kappa shape index (κ2) is 2.07. The highest BCUT2D eigenvalue weighted by Crippen LogP contribution is 2.56. The third-order valence-corrected chi connectivity index (χ3v) is 3.32. The summed E-state index contributed by atoms with van der Waals surface area (Å²) in [5, 5.41) is 3.44. The maximum absolute atomic E-state index is 4.05. The van der Waals surface area contributed by atoms with Gasteiger partial charge >= 0.3 is 0 Å². The van der Waals surface area contributed by atoms with Gasteiger partial charge in [0.1, 0.15) is 0 Å². The van der Waals surface area contributed by atoms with Crippen molar-refractivity contribution in [1.29, 1.82) is 0 Å². The molecule has 2 heterocycles. The SMILES string of the molecule is c1cc([C@]23CNC[C@H]2C3)ccn1. The zero-order valence-corrected chi connectivity index (χ0v) is 6.96. The number of piperidine rings is 1. The average molecular weight is 160 g/mol. The summed E-state index contributed by atoms with van der Waals surface area (Å²) < 4.78 is 0. The van der Waals surface area contributed by atoms with Crippen molar-refractivity contribution >= 4 is 0 Å². The molecule has 1 aliphatic carbocycles. The average Bonchev–Trinajstić information content (AvgIpc) is 2.72. The van der Waals surface area contributed by atoms with Crippen LogP contribution < -0.4 is 5.32 Å². The highest BCUT2D eigenvalue weighted by molar-refractivity contribution is 5.35. The van der Waals surface area contributed by atoms with Gasteiger partial charge in [-0.05, 0) is 36.6 Å². The van der Waals surface area contributed by atoms with Crippen LogP contribution in [0.15, 0.2) is 24.5 Å². The molecular weight excluding hydrogens is 148 g/mol. The number of hydrogen-bond donors (Lipinski definition) is 1. The van der Waals surface area contributed by atoms with Gasteiger partial charge in [0, 0.05) is 24.4 Å². The molecule has 0 radical (unpaired) electrons. The smallest absolute Gasteiger partial charge is 0.0270 e. The second-order valence-corrected chi connectivity index (χ2v) is 3.92. The Morgan fingerprint density at radius 1 is 1.42 bits per heavy atom. The van der Waals surface area contributed by atoms with Crippen LogP contribution in [-0.4, -0.2) is 18.1 Å². The number of aromatic nitrogens is 1. The molecule has 0 aromatic carbocycles. The lowest BCUT2D eigenvalue weighted by Gasteiger charge is -2.10. The molecular formula is C10H12N2. The van der Waals surface area contributed by atoms with Crippen molar-refractivity contribution in [3.63, 3.8) is 0 Å². The fourth-order valence-corrected chi connectivity index (χ4v) is 2.47. The van der Waals surface area contributed by atoms with E-state index < -0.39 is 0 Å². The molecule has 0 bridgehead atoms. The quantitative estimate of drug-likeness (QED) is 0.661. The van der Waals surface area contributed by atoms with E-state index in [-0.39, 0.29) is 0 Å². The topological polar surface area (TPSA) is 24.9 Å². The van der Waals surface area contributed by atoms with Crippen LogP contribution in [0.3, 0.4) is 0 Å². The molecule has 0 spiro atoms. The molecule has 0 unspecified atom stereocenters. The number of nitrogens with one attached hydrogen (secondary N) is 1. The van der Waals surface area contributed by atoms with Crippen LogP contribution in [0.4, 0.5) is 0 Å². The van der Waals surface area contributed by atoms with E-state index in [1.807, 2.05) is 12.4 Å². The second-order valence-electron chi connectivity index (χ2n) is 3.92. The molecule has 3 rings (SSSR count). The van der Waals surface area contributed by atoms with Crippen LogP contribution >= 0.6 is 0 Å². The Labute approximate surface area is 72.0 Å². The number of hydrogen-bond acceptors (Lipinski definition) is 2. The summed E-state index contributed by atoms with van der Waals surface area (Å²) in [7, 11) is 0. The Hall–Kier alpha value is -0.890. The van der Waals surface area contributed by atoms with Crippen LogP contribution in [0.2, 0.25) is 0 Å². The Kier molecular flexibility index (Phi) is 1.14. The minimum Gasteiger partial charge on any atom is -0.316 e. The molecule has 1 aliphatic heterocycles. The summed E-state index contributed by atoms with van der Waals surface area (Å²) in [4.78, 5) is 4.05. The highest BCUT2D eigenvalue weighted by Gasteiger charge is 2.57. The van der Waals surface area contributed by atoms with Crippen molar-refractivity contribution in [3.8, 4) is 0 Å². The Morgan fingerprint density at radius 2 is 2.25 bits per heavy atom. The summed E-state index contributed by atoms with van der Waals surface area (Å²) >= 11 is 0. The number of nitrogens with zero attached hydrogens (tertiary/aromatic N) is 1. The van der Waals surface area contributed by atoms with E-state index in [1.54, 1.807) is 0 Å². The number of pyridine rings is 1. The molecule has 2 aliphatic rings. The lowest BCUT2D eigenvalue weighted by Crippen LogP contribution is -2.19. The molecule has 1 saturated heterocycles. The third kappa shape index (κ3) is 0.707. The monoisotopic (exact) mass is 160 g/mol. The van der Waals surface area contributed by atoms with Gasteiger partial charge in [0.05, 0.1) is 0 Å². The van der Waals surface area contributed by atoms with Crippen molar-refractivity contribution in [2.45, 2.75) is 11.8 Å². The van der Waals surface area contributed by atoms with Crippen LogP contribution in [0.1, 0.15) is 12.0 Å². The van der Waals surface area contributed by atoms with Gasteiger partial charge in [0.25, 0.3) is 0 Å². The van der Waals surface area contributed by atoms with Gasteiger partial charge in [-0.2, -0.15) is 0 Å². The molecule has 2 nitrogen and oxygen atoms in total. The van der Waals surface area contributed by atoms with Gasteiger partial charge in [-0.25, -0.2) is 0 Å². The Bertz CT molecular complexity index is 296. The first kappa shape index (κ1) is 6.61. The minimum atomic E-state index is 0.503. The summed E-state index contributed by atoms with van der Waals surface area (Å²) in [6, 6.07) is 4.32. The highest BCUT2D eigenvalue weighted by atomic mass is 15.0. The fraction of sp³-hybridized carbons (Fsp3) is 0.500. The molecule has 2 atom stereocenters. The maximum atomic E-state index is 4.05. The molecule has 2 heteroatoms. The van der Waals surface area contributed by atoms with Gasteiger partial charge in [-0.1, -0.05) is 0 Å². The normalized spacial score (nSPS) is 37.8. The first-order valence-corrected chi connectivity index (χ1v) is 4.53. The summed E-state index contributed by atoms with van der Waals surface area (Å²) in [5.41, 5.74) is 1.98. The summed E-state index contributed by atoms with van der Waals surface area (Å²) in [5.74, 6) is 0.903. The van der Waals surface area contributed by atoms with E-state index in [4.69, 9.17) is 0 Å². The molecule has 1 aromatic rings. The zero-order chi connectivity index (χ0) is 8.02. The molecule has 1 N–H and O–H groups in total. The lowest BCUT2D eigenvalue weighted by atomic mass is 9.96. The van der Waals surface area contributed by atoms with E-state index in [9.17, 15) is 0 Å². The van der Waals surface area contributed by atoms with Crippen molar-refractivity contribution in [2.75, 3.05) is 13.1 Å². The molecule has 2 fully saturated rings. The molecule has 12 heavy (non-hydrogen) atoms. The van der Waals surface area contributed by atoms with E-state index >= 15 is 0 Å². The third-order valence-electron chi connectivity index (χ3n) is 3.32. The van der Waals surface area contributed by atoms with Crippen LogP contribution in [-0.2, 0) is 5.41 Å². The van der Waals surface area contributed by atoms with Crippen LogP contribution in [0.25, 0.3) is 0 Å². The Balaban J connectivity index is 2.00. The van der Waals surface area contributed by atoms with Gasteiger partial charge in [-0.15, -0.1) is 0 Å². The summed E-state index contributed by atoms with van der Waals surface area (Å²) in [6.45, 7) is 2.38. The van der Waals surface area contributed by atoms with Gasteiger partial charge in [-0.3, -0.25) is 4.98 Å². The first-order chi connectivity index (χ1) is 5.92. The Morgan fingerprint density at radius 3 is 2.83 bits per heavy atom. The predicted molar refractivity (Wildman–Crippen MR) is 46.9 cm³/mol. The van der Waals surface area contributed by atoms with E-state index in [0.717, 1.165) is 5.92 Å². The standard InChI is InChI=1S/C10H12N2/c1-3-11-4-2-8(1)10-5-9(10)6-12-7-10/h1-4,9,12H,5-7H2/t9-,10+/m1/s1. The number of fused-ring (bicyclic) bond motifs is 1. The largest absolute Gasteiger partial charge is 0.316 e. The van der Waals surface area contributed by atoms with E-state index in [2.05, 4.69) is 22.4 Å². The fourth-order valence-electron chi connectivity index (χ4n) is 2.47. The van der Waals surface area contributed by atoms with Crippen LogP contribution in [0.5, 0.6) is 0 Å². The molecule has 1 saturated carbocycles. The van der Waals surface area contributed by atoms with Gasteiger partial charge in [0.2, 0.25) is 0 Å². The van der Waals surface area contributed by atoms with Crippen molar-refractivity contribution in [3.05, 3.63) is 30.1 Å². The van der Waals surface area contributed by atoms with Crippen molar-refractivity contribution in [2.24, 2.45) is 5.92 Å². The molecule has 1 aromatic heterocycles. The lowest BCUT2D eigenvalue weighted by molar-refractivity contribution is 0.675. The zero-order valence-electron chi connectivity index (χ0n) is 6.96. The maximum Gasteiger partial charge on any atom is 0.0270 e. The van der Waals surface area contributed by atoms with E-state index in [0.29, 0.717) is 5.41 Å². The number of rotatable bonds is 1. The predicted octanol–water partition coefficient (Wildman–Crippen LogP) is 0.942. The van der Waals surface area contributed by atoms with Gasteiger partial charge in [0.15, 0.2) is 0 Å². The first-order valence-electron chi connectivity index (χ1n) is 4.53. The summed E-state index contributed by atoms with van der Waals surface area (Å²) in [6.07, 6.45) is 5.18. The van der Waals surface area contributed by atoms with Crippen molar-refractivity contribution < 1.29 is 0 Å². The van der Waals surface area contributed by atoms with Gasteiger partial charge < -0.3 is 5.32 Å². The molecule has 0 amide bonds. The minimum absolute atomic E-state index is 0.503. The van der Waals surface area contributed by atoms with E-state index in [1.165, 1.54) is 25.1 Å². The molecule has 62 valence electrons. The van der Waals surface area contributed by atoms with Crippen LogP contribution in [0, 0.1) is 5.92 Å².